The van der Waals surface area contributed by atoms with Crippen molar-refractivity contribution in [2.45, 2.75) is 13.8 Å². The van der Waals surface area contributed by atoms with Gasteiger partial charge in [-0.15, -0.1) is 0 Å². The van der Waals surface area contributed by atoms with Crippen LogP contribution in [0, 0.1) is 0 Å². The lowest BCUT2D eigenvalue weighted by atomic mass is 10.2. The first-order valence-corrected chi connectivity index (χ1v) is 9.13. The molecule has 1 aromatic carbocycles. The van der Waals surface area contributed by atoms with Gasteiger partial charge in [-0.25, -0.2) is 0 Å². The number of thiocarbonyl (C=S) groups is 1. The lowest BCUT2D eigenvalue weighted by molar-refractivity contribution is -0.113. The molecule has 0 atom stereocenters. The van der Waals surface area contributed by atoms with Gasteiger partial charge in [-0.1, -0.05) is 24.0 Å². The minimum Gasteiger partial charge on any atom is -0.372 e. The first kappa shape index (κ1) is 16.8. The molecule has 1 fully saturated rings. The van der Waals surface area contributed by atoms with E-state index >= 15 is 0 Å². The van der Waals surface area contributed by atoms with Gasteiger partial charge in [0.05, 0.1) is 10.6 Å². The molecule has 0 bridgehead atoms. The first-order valence-electron chi connectivity index (χ1n) is 7.90. The van der Waals surface area contributed by atoms with Crippen LogP contribution in [0.3, 0.4) is 0 Å². The molecule has 3 rings (SSSR count). The highest BCUT2D eigenvalue weighted by Gasteiger charge is 2.33. The van der Waals surface area contributed by atoms with E-state index in [1.54, 1.807) is 4.90 Å². The minimum absolute atomic E-state index is 0.0739. The van der Waals surface area contributed by atoms with Gasteiger partial charge < -0.3 is 9.88 Å². The van der Waals surface area contributed by atoms with Gasteiger partial charge in [-0.3, -0.25) is 9.69 Å². The number of anilines is 2. The molecule has 124 valence electrons. The van der Waals surface area contributed by atoms with Gasteiger partial charge in [0, 0.05) is 30.7 Å². The van der Waals surface area contributed by atoms with E-state index in [0.29, 0.717) is 9.23 Å². The molecule has 4 nitrogen and oxygen atoms in total. The number of H-pyrrole nitrogens is 1. The summed E-state index contributed by atoms with van der Waals surface area (Å²) in [5.41, 5.74) is 2.85. The summed E-state index contributed by atoms with van der Waals surface area (Å²) >= 11 is 6.74. The van der Waals surface area contributed by atoms with Crippen molar-refractivity contribution in [1.29, 1.82) is 0 Å². The Balaban J connectivity index is 1.84. The van der Waals surface area contributed by atoms with E-state index in [1.165, 1.54) is 11.8 Å². The van der Waals surface area contributed by atoms with Crippen molar-refractivity contribution in [3.05, 3.63) is 53.2 Å². The maximum Gasteiger partial charge on any atom is 0.270 e. The average molecular weight is 358 g/mol. The molecule has 1 aliphatic rings. The molecule has 2 aromatic rings. The van der Waals surface area contributed by atoms with Crippen LogP contribution in [-0.4, -0.2) is 28.3 Å². The first-order chi connectivity index (χ1) is 11.6. The van der Waals surface area contributed by atoms with Crippen LogP contribution in [0.15, 0.2) is 47.5 Å². The molecule has 24 heavy (non-hydrogen) atoms. The molecule has 0 unspecified atom stereocenters. The number of benzene rings is 1. The number of carbonyl (C=O) groups is 1. The van der Waals surface area contributed by atoms with Crippen LogP contribution in [0.1, 0.15) is 19.5 Å². The Bertz CT molecular complexity index is 762. The Labute approximate surface area is 151 Å². The minimum atomic E-state index is -0.0739. The number of hydrogen-bond acceptors (Lipinski definition) is 4. The van der Waals surface area contributed by atoms with Gasteiger partial charge in [0.25, 0.3) is 5.91 Å². The summed E-state index contributed by atoms with van der Waals surface area (Å²) in [4.78, 5) is 20.3. The maximum absolute atomic E-state index is 12.7. The molecule has 1 aromatic heterocycles. The van der Waals surface area contributed by atoms with Crippen molar-refractivity contribution in [3.8, 4) is 0 Å². The van der Waals surface area contributed by atoms with E-state index in [0.717, 1.165) is 30.2 Å². The van der Waals surface area contributed by atoms with Crippen molar-refractivity contribution < 1.29 is 4.79 Å². The van der Waals surface area contributed by atoms with Crippen LogP contribution < -0.4 is 9.80 Å². The number of amides is 1. The van der Waals surface area contributed by atoms with Crippen LogP contribution >= 0.6 is 24.0 Å². The highest BCUT2D eigenvalue weighted by atomic mass is 32.2. The molecule has 0 saturated carbocycles. The predicted molar refractivity (Wildman–Crippen MR) is 106 cm³/mol. The molecular formula is C18H19N3OS2. The Morgan fingerprint density at radius 3 is 2.50 bits per heavy atom. The largest absolute Gasteiger partial charge is 0.372 e. The van der Waals surface area contributed by atoms with Gasteiger partial charge in [0.1, 0.15) is 0 Å². The number of carbonyl (C=O) groups excluding carboxylic acids is 1. The molecule has 1 aliphatic heterocycles. The Morgan fingerprint density at radius 2 is 1.92 bits per heavy atom. The zero-order valence-electron chi connectivity index (χ0n) is 13.7. The van der Waals surface area contributed by atoms with E-state index in [-0.39, 0.29) is 5.91 Å². The van der Waals surface area contributed by atoms with Gasteiger partial charge in [-0.05, 0) is 56.3 Å². The van der Waals surface area contributed by atoms with Gasteiger partial charge >= 0.3 is 0 Å². The van der Waals surface area contributed by atoms with E-state index in [1.807, 2.05) is 48.7 Å². The highest BCUT2D eigenvalue weighted by molar-refractivity contribution is 8.27. The summed E-state index contributed by atoms with van der Waals surface area (Å²) in [6, 6.07) is 11.8. The van der Waals surface area contributed by atoms with Crippen LogP contribution in [-0.2, 0) is 4.79 Å². The maximum atomic E-state index is 12.7. The van der Waals surface area contributed by atoms with E-state index in [2.05, 4.69) is 23.7 Å². The lowest BCUT2D eigenvalue weighted by Gasteiger charge is -2.22. The van der Waals surface area contributed by atoms with Crippen molar-refractivity contribution in [2.24, 2.45) is 0 Å². The Morgan fingerprint density at radius 1 is 1.21 bits per heavy atom. The summed E-state index contributed by atoms with van der Waals surface area (Å²) in [7, 11) is 0. The quantitative estimate of drug-likeness (QED) is 0.641. The van der Waals surface area contributed by atoms with Crippen molar-refractivity contribution in [1.82, 2.24) is 4.98 Å². The molecule has 1 saturated heterocycles. The molecule has 1 amide bonds. The lowest BCUT2D eigenvalue weighted by Crippen LogP contribution is -2.27. The zero-order valence-corrected chi connectivity index (χ0v) is 15.3. The number of nitrogens with one attached hydrogen (secondary N) is 1. The van der Waals surface area contributed by atoms with Crippen molar-refractivity contribution >= 4 is 51.7 Å². The van der Waals surface area contributed by atoms with E-state index in [4.69, 9.17) is 12.2 Å². The van der Waals surface area contributed by atoms with Crippen molar-refractivity contribution in [2.75, 3.05) is 22.9 Å². The number of aromatic nitrogens is 1. The topological polar surface area (TPSA) is 39.3 Å². The number of hydrogen-bond donors (Lipinski definition) is 1. The second kappa shape index (κ2) is 7.23. The second-order valence-electron chi connectivity index (χ2n) is 5.33. The SMILES string of the molecule is CCN(CC)c1ccc(N2C(=O)C(=Cc3ccc[nH]3)SC2=S)cc1. The molecule has 0 radical (unpaired) electrons. The van der Waals surface area contributed by atoms with Gasteiger partial charge in [0.2, 0.25) is 0 Å². The molecular weight excluding hydrogens is 338 g/mol. The van der Waals surface area contributed by atoms with Gasteiger partial charge in [0.15, 0.2) is 4.32 Å². The van der Waals surface area contributed by atoms with Crippen LogP contribution in [0.2, 0.25) is 0 Å². The number of rotatable bonds is 5. The monoisotopic (exact) mass is 357 g/mol. The third kappa shape index (κ3) is 3.25. The molecule has 1 N–H and O–H groups in total. The molecule has 6 heteroatoms. The Hall–Kier alpha value is -2.05. The molecule has 2 heterocycles. The van der Waals surface area contributed by atoms with E-state index in [9.17, 15) is 4.79 Å². The fourth-order valence-electron chi connectivity index (χ4n) is 2.67. The summed E-state index contributed by atoms with van der Waals surface area (Å²) in [6.07, 6.45) is 3.67. The third-order valence-electron chi connectivity index (χ3n) is 3.94. The standard InChI is InChI=1S/C18H19N3OS2/c1-3-20(4-2)14-7-9-15(10-8-14)21-17(22)16(24-18(21)23)12-13-6-5-11-19-13/h5-12,19H,3-4H2,1-2H3. The summed E-state index contributed by atoms with van der Waals surface area (Å²) in [6.45, 7) is 6.17. The third-order valence-corrected chi connectivity index (χ3v) is 5.24. The van der Waals surface area contributed by atoms with Crippen LogP contribution in [0.25, 0.3) is 6.08 Å². The number of nitrogens with zero attached hydrogens (tertiary/aromatic N) is 2. The highest BCUT2D eigenvalue weighted by Crippen LogP contribution is 2.36. The summed E-state index contributed by atoms with van der Waals surface area (Å²) < 4.78 is 0.563. The zero-order chi connectivity index (χ0) is 17.1. The second-order valence-corrected chi connectivity index (χ2v) is 7.01. The normalized spacial score (nSPS) is 16.2. The molecule has 0 spiro atoms. The fourth-order valence-corrected chi connectivity index (χ4v) is 3.96. The summed E-state index contributed by atoms with van der Waals surface area (Å²) in [5, 5.41) is 0. The van der Waals surface area contributed by atoms with Crippen LogP contribution in [0.5, 0.6) is 0 Å². The fraction of sp³-hybridized carbons (Fsp3) is 0.222. The number of aromatic amines is 1. The number of thioether (sulfide) groups is 1. The van der Waals surface area contributed by atoms with Gasteiger partial charge in [-0.2, -0.15) is 0 Å². The Kier molecular flexibility index (Phi) is 5.06. The smallest absolute Gasteiger partial charge is 0.270 e. The predicted octanol–water partition coefficient (Wildman–Crippen LogP) is 4.27. The molecule has 0 aliphatic carbocycles. The van der Waals surface area contributed by atoms with E-state index < -0.39 is 0 Å². The van der Waals surface area contributed by atoms with Crippen molar-refractivity contribution in [3.63, 3.8) is 0 Å². The van der Waals surface area contributed by atoms with Crippen LogP contribution in [0.4, 0.5) is 11.4 Å². The average Bonchev–Trinajstić information content (AvgIpc) is 3.19. The summed E-state index contributed by atoms with van der Waals surface area (Å²) in [5.74, 6) is -0.0739.